The van der Waals surface area contributed by atoms with Crippen molar-refractivity contribution in [3.63, 3.8) is 0 Å². The van der Waals surface area contributed by atoms with Gasteiger partial charge in [-0.1, -0.05) is 29.8 Å². The first-order valence-corrected chi connectivity index (χ1v) is 6.22. The van der Waals surface area contributed by atoms with Crippen molar-refractivity contribution in [2.75, 3.05) is 6.54 Å². The molecule has 2 N–H and O–H groups in total. The van der Waals surface area contributed by atoms with E-state index in [0.717, 1.165) is 11.5 Å². The summed E-state index contributed by atoms with van der Waals surface area (Å²) in [5.41, 5.74) is 0.805. The zero-order valence-corrected chi connectivity index (χ0v) is 10.2. The zero-order chi connectivity index (χ0) is 11.5. The molecule has 2 atom stereocenters. The van der Waals surface area contributed by atoms with Crippen molar-refractivity contribution in [1.82, 2.24) is 5.32 Å². The molecule has 0 radical (unpaired) electrons. The van der Waals surface area contributed by atoms with Gasteiger partial charge in [-0.25, -0.2) is 0 Å². The second kappa shape index (κ2) is 5.17. The fraction of sp³-hybridized carbons (Fsp3) is 0.538. The Kier molecular flexibility index (Phi) is 3.85. The van der Waals surface area contributed by atoms with Crippen LogP contribution in [0.15, 0.2) is 24.3 Å². The molecule has 0 aromatic heterocycles. The van der Waals surface area contributed by atoms with E-state index in [0.29, 0.717) is 17.6 Å². The zero-order valence-electron chi connectivity index (χ0n) is 9.49. The molecule has 16 heavy (non-hydrogen) atoms. The smallest absolute Gasteiger partial charge is 0.0928 e. The van der Waals surface area contributed by atoms with Crippen LogP contribution in [0.4, 0.5) is 0 Å². The third-order valence-corrected chi connectivity index (χ3v) is 3.57. The molecule has 0 aliphatic heterocycles. The number of benzene rings is 1. The first kappa shape index (κ1) is 11.9. The van der Waals surface area contributed by atoms with E-state index >= 15 is 0 Å². The second-order valence-corrected chi connectivity index (χ2v) is 4.98. The van der Waals surface area contributed by atoms with Crippen molar-refractivity contribution >= 4 is 11.6 Å². The van der Waals surface area contributed by atoms with Crippen molar-refractivity contribution in [2.24, 2.45) is 5.92 Å². The molecule has 0 heterocycles. The molecule has 1 aromatic carbocycles. The van der Waals surface area contributed by atoms with Gasteiger partial charge in [0.2, 0.25) is 0 Å². The van der Waals surface area contributed by atoms with Gasteiger partial charge in [0.15, 0.2) is 0 Å². The minimum absolute atomic E-state index is 0.497. The largest absolute Gasteiger partial charge is 0.387 e. The number of aliphatic hydroxyl groups is 1. The van der Waals surface area contributed by atoms with E-state index in [9.17, 15) is 5.11 Å². The van der Waals surface area contributed by atoms with E-state index in [1.165, 1.54) is 12.8 Å². The van der Waals surface area contributed by atoms with Gasteiger partial charge in [0.05, 0.1) is 6.10 Å². The molecule has 1 aromatic rings. The maximum atomic E-state index is 10.0. The summed E-state index contributed by atoms with van der Waals surface area (Å²) in [6.07, 6.45) is 2.11. The summed E-state index contributed by atoms with van der Waals surface area (Å²) in [5, 5.41) is 14.0. The summed E-state index contributed by atoms with van der Waals surface area (Å²) < 4.78 is 0. The summed E-state index contributed by atoms with van der Waals surface area (Å²) >= 11 is 6.02. The maximum absolute atomic E-state index is 10.0. The molecule has 0 spiro atoms. The molecule has 0 amide bonds. The number of hydrogen-bond acceptors (Lipinski definition) is 2. The molecule has 2 nitrogen and oxygen atoms in total. The predicted octanol–water partition coefficient (Wildman–Crippen LogP) is 2.76. The summed E-state index contributed by atoms with van der Waals surface area (Å²) in [5.74, 6) is 0.804. The summed E-state index contributed by atoms with van der Waals surface area (Å²) in [6.45, 7) is 2.75. The van der Waals surface area contributed by atoms with Gasteiger partial charge in [-0.2, -0.15) is 0 Å². The minimum atomic E-state index is -0.519. The van der Waals surface area contributed by atoms with Crippen LogP contribution in [-0.2, 0) is 0 Å². The highest BCUT2D eigenvalue weighted by atomic mass is 35.5. The lowest BCUT2D eigenvalue weighted by Crippen LogP contribution is -2.31. The number of nitrogens with one attached hydrogen (secondary N) is 1. The lowest BCUT2D eigenvalue weighted by molar-refractivity contribution is 0.169. The Morgan fingerprint density at radius 1 is 1.44 bits per heavy atom. The third-order valence-electron chi connectivity index (χ3n) is 3.23. The standard InChI is InChI=1S/C13H18ClNO/c1-9(10-6-7-10)15-8-13(16)11-4-2-3-5-12(11)14/h2-5,9-10,13,15-16H,6-8H2,1H3. The Morgan fingerprint density at radius 3 is 2.75 bits per heavy atom. The van der Waals surface area contributed by atoms with Gasteiger partial charge in [-0.05, 0) is 31.7 Å². The van der Waals surface area contributed by atoms with Crippen LogP contribution < -0.4 is 5.32 Å². The Labute approximate surface area is 102 Å². The van der Waals surface area contributed by atoms with E-state index in [4.69, 9.17) is 11.6 Å². The lowest BCUT2D eigenvalue weighted by atomic mass is 10.1. The lowest BCUT2D eigenvalue weighted by Gasteiger charge is -2.17. The van der Waals surface area contributed by atoms with E-state index in [2.05, 4.69) is 12.2 Å². The molecule has 1 saturated carbocycles. The highest BCUT2D eigenvalue weighted by Crippen LogP contribution is 2.32. The second-order valence-electron chi connectivity index (χ2n) is 4.57. The number of rotatable bonds is 5. The number of hydrogen-bond donors (Lipinski definition) is 2. The van der Waals surface area contributed by atoms with Crippen LogP contribution >= 0.6 is 11.6 Å². The quantitative estimate of drug-likeness (QED) is 0.828. The molecular formula is C13H18ClNO. The Hall–Kier alpha value is -0.570. The first-order chi connectivity index (χ1) is 7.68. The van der Waals surface area contributed by atoms with Gasteiger partial charge in [0, 0.05) is 23.2 Å². The minimum Gasteiger partial charge on any atom is -0.387 e. The predicted molar refractivity (Wildman–Crippen MR) is 66.6 cm³/mol. The summed E-state index contributed by atoms with van der Waals surface area (Å²) in [7, 11) is 0. The van der Waals surface area contributed by atoms with Gasteiger partial charge in [-0.15, -0.1) is 0 Å². The average Bonchev–Trinajstić information content (AvgIpc) is 3.10. The van der Waals surface area contributed by atoms with Crippen LogP contribution in [-0.4, -0.2) is 17.7 Å². The molecule has 0 saturated heterocycles. The average molecular weight is 240 g/mol. The van der Waals surface area contributed by atoms with E-state index in [1.54, 1.807) is 0 Å². The van der Waals surface area contributed by atoms with E-state index < -0.39 is 6.10 Å². The van der Waals surface area contributed by atoms with Gasteiger partial charge < -0.3 is 10.4 Å². The van der Waals surface area contributed by atoms with Crippen LogP contribution in [0.1, 0.15) is 31.4 Å². The molecule has 1 aliphatic carbocycles. The van der Waals surface area contributed by atoms with Gasteiger partial charge >= 0.3 is 0 Å². The van der Waals surface area contributed by atoms with Crippen LogP contribution in [0.5, 0.6) is 0 Å². The highest BCUT2D eigenvalue weighted by molar-refractivity contribution is 6.31. The Morgan fingerprint density at radius 2 is 2.12 bits per heavy atom. The van der Waals surface area contributed by atoms with Crippen molar-refractivity contribution in [3.8, 4) is 0 Å². The van der Waals surface area contributed by atoms with Crippen molar-refractivity contribution < 1.29 is 5.11 Å². The van der Waals surface area contributed by atoms with Crippen LogP contribution in [0.2, 0.25) is 5.02 Å². The van der Waals surface area contributed by atoms with Gasteiger partial charge in [-0.3, -0.25) is 0 Å². The van der Waals surface area contributed by atoms with E-state index in [1.807, 2.05) is 24.3 Å². The van der Waals surface area contributed by atoms with Crippen molar-refractivity contribution in [3.05, 3.63) is 34.9 Å². The maximum Gasteiger partial charge on any atom is 0.0928 e. The molecular weight excluding hydrogens is 222 g/mol. The van der Waals surface area contributed by atoms with E-state index in [-0.39, 0.29) is 0 Å². The number of aliphatic hydroxyl groups excluding tert-OH is 1. The molecule has 2 unspecified atom stereocenters. The SMILES string of the molecule is CC(NCC(O)c1ccccc1Cl)C1CC1. The molecule has 1 aliphatic rings. The fourth-order valence-electron chi connectivity index (χ4n) is 1.92. The monoisotopic (exact) mass is 239 g/mol. The third kappa shape index (κ3) is 2.97. The Balaban J connectivity index is 1.87. The Bertz CT molecular complexity index is 352. The van der Waals surface area contributed by atoms with Crippen LogP contribution in [0.3, 0.4) is 0 Å². The topological polar surface area (TPSA) is 32.3 Å². The highest BCUT2D eigenvalue weighted by Gasteiger charge is 2.27. The molecule has 0 bridgehead atoms. The summed E-state index contributed by atoms with van der Waals surface area (Å²) in [6, 6.07) is 7.95. The first-order valence-electron chi connectivity index (χ1n) is 5.84. The van der Waals surface area contributed by atoms with Crippen molar-refractivity contribution in [1.29, 1.82) is 0 Å². The fourth-order valence-corrected chi connectivity index (χ4v) is 2.18. The molecule has 88 valence electrons. The molecule has 1 fully saturated rings. The van der Waals surface area contributed by atoms with Crippen LogP contribution in [0.25, 0.3) is 0 Å². The normalized spacial score (nSPS) is 19.4. The molecule has 2 rings (SSSR count). The molecule has 3 heteroatoms. The van der Waals surface area contributed by atoms with Crippen molar-refractivity contribution in [2.45, 2.75) is 31.9 Å². The van der Waals surface area contributed by atoms with Gasteiger partial charge in [0.1, 0.15) is 0 Å². The van der Waals surface area contributed by atoms with Crippen LogP contribution in [0, 0.1) is 5.92 Å². The number of halogens is 1. The summed E-state index contributed by atoms with van der Waals surface area (Å²) in [4.78, 5) is 0. The van der Waals surface area contributed by atoms with Gasteiger partial charge in [0.25, 0.3) is 0 Å².